The summed E-state index contributed by atoms with van der Waals surface area (Å²) < 4.78 is 17.2. The standard InChI is InChI=1S/C18H19FN2O3/c1-2-20-14-10-6-9-13(19)17(14)21(18(20)24)16(15(23)11-22)12-7-4-3-5-8-12/h3-10,15-16,22-23H,2,11H2,1H3/t15-,16+/m1/s1. The molecule has 3 aromatic rings. The number of aliphatic hydroxyl groups is 2. The molecule has 0 fully saturated rings. The van der Waals surface area contributed by atoms with Crippen molar-refractivity contribution < 1.29 is 14.6 Å². The third kappa shape index (κ3) is 2.53. The van der Waals surface area contributed by atoms with Gasteiger partial charge in [0, 0.05) is 6.54 Å². The van der Waals surface area contributed by atoms with Crippen LogP contribution in [0.5, 0.6) is 0 Å². The minimum atomic E-state index is -1.24. The van der Waals surface area contributed by atoms with Gasteiger partial charge in [-0.05, 0) is 24.6 Å². The first kappa shape index (κ1) is 16.4. The van der Waals surface area contributed by atoms with Crippen LogP contribution in [0.15, 0.2) is 53.3 Å². The lowest BCUT2D eigenvalue weighted by Crippen LogP contribution is -2.36. The first-order valence-corrected chi connectivity index (χ1v) is 7.83. The second-order valence-corrected chi connectivity index (χ2v) is 5.61. The summed E-state index contributed by atoms with van der Waals surface area (Å²) >= 11 is 0. The lowest BCUT2D eigenvalue weighted by atomic mass is 10.0. The van der Waals surface area contributed by atoms with Crippen LogP contribution in [0.2, 0.25) is 0 Å². The van der Waals surface area contributed by atoms with Gasteiger partial charge in [-0.25, -0.2) is 9.18 Å². The molecule has 0 spiro atoms. The fraction of sp³-hybridized carbons (Fsp3) is 0.278. The Labute approximate surface area is 138 Å². The molecule has 0 aliphatic carbocycles. The molecule has 2 atom stereocenters. The Bertz CT molecular complexity index is 902. The van der Waals surface area contributed by atoms with Gasteiger partial charge in [-0.3, -0.25) is 9.13 Å². The number of rotatable bonds is 5. The Morgan fingerprint density at radius 2 is 1.83 bits per heavy atom. The van der Waals surface area contributed by atoms with Gasteiger partial charge in [0.25, 0.3) is 0 Å². The highest BCUT2D eigenvalue weighted by molar-refractivity contribution is 5.77. The predicted octanol–water partition coefficient (Wildman–Crippen LogP) is 1.90. The quantitative estimate of drug-likeness (QED) is 0.751. The van der Waals surface area contributed by atoms with E-state index in [1.165, 1.54) is 15.2 Å². The van der Waals surface area contributed by atoms with E-state index < -0.39 is 30.3 Å². The van der Waals surface area contributed by atoms with E-state index in [2.05, 4.69) is 0 Å². The highest BCUT2D eigenvalue weighted by Gasteiger charge is 2.28. The van der Waals surface area contributed by atoms with E-state index in [1.807, 2.05) is 6.07 Å². The molecule has 0 radical (unpaired) electrons. The maximum absolute atomic E-state index is 14.5. The molecule has 0 bridgehead atoms. The molecule has 0 saturated carbocycles. The summed E-state index contributed by atoms with van der Waals surface area (Å²) in [6.07, 6.45) is -1.24. The van der Waals surface area contributed by atoms with Gasteiger partial charge in [-0.1, -0.05) is 36.4 Å². The van der Waals surface area contributed by atoms with Crippen LogP contribution < -0.4 is 5.69 Å². The van der Waals surface area contributed by atoms with Gasteiger partial charge in [-0.2, -0.15) is 0 Å². The smallest absolute Gasteiger partial charge is 0.329 e. The molecular formula is C18H19FN2O3. The van der Waals surface area contributed by atoms with E-state index in [0.29, 0.717) is 17.6 Å². The van der Waals surface area contributed by atoms with Gasteiger partial charge in [-0.15, -0.1) is 0 Å². The van der Waals surface area contributed by atoms with Crippen molar-refractivity contribution in [1.29, 1.82) is 0 Å². The topological polar surface area (TPSA) is 67.4 Å². The van der Waals surface area contributed by atoms with Crippen LogP contribution in [0, 0.1) is 5.82 Å². The maximum Gasteiger partial charge on any atom is 0.329 e. The Hall–Kier alpha value is -2.44. The van der Waals surface area contributed by atoms with Gasteiger partial charge >= 0.3 is 5.69 Å². The molecule has 0 aliphatic rings. The van der Waals surface area contributed by atoms with Crippen molar-refractivity contribution in [2.45, 2.75) is 25.6 Å². The number of hydrogen-bond donors (Lipinski definition) is 2. The molecule has 6 heteroatoms. The molecule has 2 N–H and O–H groups in total. The predicted molar refractivity (Wildman–Crippen MR) is 89.5 cm³/mol. The van der Waals surface area contributed by atoms with E-state index in [9.17, 15) is 19.4 Å². The number of fused-ring (bicyclic) bond motifs is 1. The fourth-order valence-electron chi connectivity index (χ4n) is 3.15. The normalized spacial score (nSPS) is 14.0. The van der Waals surface area contributed by atoms with Crippen molar-refractivity contribution in [3.05, 3.63) is 70.4 Å². The SMILES string of the molecule is CCn1c(=O)n([C@@H](c2ccccc2)[C@H](O)CO)c2c(F)cccc21. The summed E-state index contributed by atoms with van der Waals surface area (Å²) in [5.74, 6) is -0.539. The summed E-state index contributed by atoms with van der Waals surface area (Å²) in [7, 11) is 0. The number of aliphatic hydroxyl groups excluding tert-OH is 2. The fourth-order valence-corrected chi connectivity index (χ4v) is 3.15. The Morgan fingerprint density at radius 1 is 1.12 bits per heavy atom. The first-order valence-electron chi connectivity index (χ1n) is 7.83. The molecule has 1 aromatic heterocycles. The zero-order chi connectivity index (χ0) is 17.3. The zero-order valence-electron chi connectivity index (χ0n) is 13.3. The number of imidazole rings is 1. The van der Waals surface area contributed by atoms with Crippen LogP contribution in [0.25, 0.3) is 11.0 Å². The molecule has 0 aliphatic heterocycles. The lowest BCUT2D eigenvalue weighted by molar-refractivity contribution is 0.0640. The van der Waals surface area contributed by atoms with Gasteiger partial charge in [0.1, 0.15) is 17.4 Å². The van der Waals surface area contributed by atoms with Gasteiger partial charge in [0.2, 0.25) is 0 Å². The van der Waals surface area contributed by atoms with Crippen LogP contribution in [-0.4, -0.2) is 32.1 Å². The van der Waals surface area contributed by atoms with E-state index in [-0.39, 0.29) is 5.52 Å². The molecule has 5 nitrogen and oxygen atoms in total. The van der Waals surface area contributed by atoms with Crippen molar-refractivity contribution in [2.24, 2.45) is 0 Å². The molecular weight excluding hydrogens is 311 g/mol. The van der Waals surface area contributed by atoms with Crippen LogP contribution in [0.3, 0.4) is 0 Å². The molecule has 3 rings (SSSR count). The van der Waals surface area contributed by atoms with Crippen molar-refractivity contribution in [3.63, 3.8) is 0 Å². The van der Waals surface area contributed by atoms with Gasteiger partial charge in [0.15, 0.2) is 0 Å². The second kappa shape index (κ2) is 6.59. The molecule has 24 heavy (non-hydrogen) atoms. The molecule has 1 heterocycles. The van der Waals surface area contributed by atoms with E-state index in [1.54, 1.807) is 43.3 Å². The van der Waals surface area contributed by atoms with Crippen LogP contribution in [-0.2, 0) is 6.54 Å². The Kier molecular flexibility index (Phi) is 4.51. The summed E-state index contributed by atoms with van der Waals surface area (Å²) in [5.41, 5.74) is 0.804. The number of aromatic nitrogens is 2. The highest BCUT2D eigenvalue weighted by atomic mass is 19.1. The summed E-state index contributed by atoms with van der Waals surface area (Å²) in [6, 6.07) is 12.5. The first-order chi connectivity index (χ1) is 11.6. The summed E-state index contributed by atoms with van der Waals surface area (Å²) in [5, 5.41) is 19.8. The molecule has 2 aromatic carbocycles. The highest BCUT2D eigenvalue weighted by Crippen LogP contribution is 2.27. The van der Waals surface area contributed by atoms with E-state index in [0.717, 1.165) is 0 Å². The van der Waals surface area contributed by atoms with Gasteiger partial charge in [0.05, 0.1) is 18.2 Å². The number of aryl methyl sites for hydroxylation is 1. The largest absolute Gasteiger partial charge is 0.394 e. The number of nitrogens with zero attached hydrogens (tertiary/aromatic N) is 2. The van der Waals surface area contributed by atoms with Crippen LogP contribution >= 0.6 is 0 Å². The molecule has 0 amide bonds. The number of hydrogen-bond acceptors (Lipinski definition) is 3. The molecule has 0 unspecified atom stereocenters. The van der Waals surface area contributed by atoms with Crippen molar-refractivity contribution in [3.8, 4) is 0 Å². The van der Waals surface area contributed by atoms with Crippen molar-refractivity contribution in [1.82, 2.24) is 9.13 Å². The van der Waals surface area contributed by atoms with E-state index in [4.69, 9.17) is 0 Å². The zero-order valence-corrected chi connectivity index (χ0v) is 13.3. The monoisotopic (exact) mass is 330 g/mol. The van der Waals surface area contributed by atoms with Gasteiger partial charge < -0.3 is 10.2 Å². The minimum absolute atomic E-state index is 0.130. The van der Waals surface area contributed by atoms with E-state index >= 15 is 0 Å². The number of benzene rings is 2. The van der Waals surface area contributed by atoms with Crippen LogP contribution in [0.4, 0.5) is 4.39 Å². The second-order valence-electron chi connectivity index (χ2n) is 5.61. The van der Waals surface area contributed by atoms with Crippen LogP contribution in [0.1, 0.15) is 18.5 Å². The molecule has 0 saturated heterocycles. The number of para-hydroxylation sites is 1. The average molecular weight is 330 g/mol. The average Bonchev–Trinajstić information content (AvgIpc) is 2.89. The number of halogens is 1. The van der Waals surface area contributed by atoms with Crippen molar-refractivity contribution in [2.75, 3.05) is 6.61 Å². The summed E-state index contributed by atoms with van der Waals surface area (Å²) in [4.78, 5) is 12.9. The molecule has 126 valence electrons. The Morgan fingerprint density at radius 3 is 2.46 bits per heavy atom. The third-order valence-electron chi connectivity index (χ3n) is 4.22. The minimum Gasteiger partial charge on any atom is -0.394 e. The lowest BCUT2D eigenvalue weighted by Gasteiger charge is -2.23. The maximum atomic E-state index is 14.5. The Balaban J connectivity index is 2.37. The van der Waals surface area contributed by atoms with Crippen molar-refractivity contribution >= 4 is 11.0 Å². The third-order valence-corrected chi connectivity index (χ3v) is 4.22. The summed E-state index contributed by atoms with van der Waals surface area (Å²) in [6.45, 7) is 1.64.